The molecule has 0 aliphatic carbocycles. The highest BCUT2D eigenvalue weighted by molar-refractivity contribution is 7.92. The van der Waals surface area contributed by atoms with E-state index in [9.17, 15) is 13.2 Å². The number of anilines is 2. The maximum atomic E-state index is 12.5. The van der Waals surface area contributed by atoms with Crippen LogP contribution in [-0.4, -0.2) is 20.4 Å². The molecule has 2 aromatic carbocycles. The van der Waals surface area contributed by atoms with Gasteiger partial charge in [0.05, 0.1) is 10.6 Å². The van der Waals surface area contributed by atoms with Gasteiger partial charge in [-0.25, -0.2) is 8.42 Å². The summed E-state index contributed by atoms with van der Waals surface area (Å²) >= 11 is 0. The fraction of sp³-hybridized carbons (Fsp3) is 0.188. The molecule has 0 fully saturated rings. The molecule has 1 heterocycles. The van der Waals surface area contributed by atoms with Crippen LogP contribution < -0.4 is 14.8 Å². The Labute approximate surface area is 134 Å². The Morgan fingerprint density at radius 2 is 1.83 bits per heavy atom. The second-order valence-electron chi connectivity index (χ2n) is 5.35. The fourth-order valence-corrected chi connectivity index (χ4v) is 3.31. The summed E-state index contributed by atoms with van der Waals surface area (Å²) in [5, 5.41) is 2.67. The molecule has 120 valence electrons. The molecule has 0 saturated carbocycles. The Balaban J connectivity index is 1.96. The van der Waals surface area contributed by atoms with Gasteiger partial charge in [-0.3, -0.25) is 9.52 Å². The van der Waals surface area contributed by atoms with Gasteiger partial charge in [0, 0.05) is 0 Å². The lowest BCUT2D eigenvalue weighted by Crippen LogP contribution is -2.34. The number of hydrogen-bond acceptors (Lipinski definition) is 4. The highest BCUT2D eigenvalue weighted by Crippen LogP contribution is 2.37. The number of rotatable bonds is 3. The lowest BCUT2D eigenvalue weighted by Gasteiger charge is -2.25. The van der Waals surface area contributed by atoms with E-state index in [1.807, 2.05) is 6.92 Å². The predicted molar refractivity (Wildman–Crippen MR) is 87.1 cm³/mol. The number of hydrogen-bond donors (Lipinski definition) is 2. The quantitative estimate of drug-likeness (QED) is 0.904. The van der Waals surface area contributed by atoms with Crippen molar-refractivity contribution in [2.75, 3.05) is 10.0 Å². The van der Waals surface area contributed by atoms with Gasteiger partial charge in [-0.1, -0.05) is 23.8 Å². The van der Waals surface area contributed by atoms with Crippen LogP contribution in [0.15, 0.2) is 47.4 Å². The maximum Gasteiger partial charge on any atom is 0.265 e. The van der Waals surface area contributed by atoms with Crippen molar-refractivity contribution in [3.63, 3.8) is 0 Å². The number of carbonyl (C=O) groups excluding carboxylic acids is 1. The molecule has 0 spiro atoms. The number of ether oxygens (including phenoxy) is 1. The molecule has 7 heteroatoms. The van der Waals surface area contributed by atoms with Gasteiger partial charge in [-0.05, 0) is 38.1 Å². The molecular formula is C16H16N2O4S. The van der Waals surface area contributed by atoms with E-state index in [0.717, 1.165) is 5.56 Å². The molecular weight excluding hydrogens is 316 g/mol. The van der Waals surface area contributed by atoms with Gasteiger partial charge < -0.3 is 10.1 Å². The van der Waals surface area contributed by atoms with E-state index in [4.69, 9.17) is 4.74 Å². The molecule has 1 amide bonds. The smallest absolute Gasteiger partial charge is 0.265 e. The summed E-state index contributed by atoms with van der Waals surface area (Å²) < 4.78 is 32.9. The second-order valence-corrected chi connectivity index (χ2v) is 7.03. The predicted octanol–water partition coefficient (Wildman–Crippen LogP) is 2.52. The number of amides is 1. The molecule has 2 aromatic rings. The van der Waals surface area contributed by atoms with Gasteiger partial charge >= 0.3 is 0 Å². The Bertz CT molecular complexity index is 860. The van der Waals surface area contributed by atoms with Crippen molar-refractivity contribution in [2.24, 2.45) is 0 Å². The van der Waals surface area contributed by atoms with Crippen LogP contribution in [0.1, 0.15) is 12.5 Å². The number of benzene rings is 2. The fourth-order valence-electron chi connectivity index (χ4n) is 2.23. The van der Waals surface area contributed by atoms with E-state index in [2.05, 4.69) is 10.0 Å². The first-order valence-electron chi connectivity index (χ1n) is 7.07. The highest BCUT2D eigenvalue weighted by atomic mass is 32.2. The van der Waals surface area contributed by atoms with Crippen LogP contribution in [0.4, 0.5) is 11.4 Å². The molecule has 3 rings (SSSR count). The van der Waals surface area contributed by atoms with Crippen molar-refractivity contribution in [2.45, 2.75) is 24.8 Å². The molecule has 1 aliphatic rings. The molecule has 6 nitrogen and oxygen atoms in total. The Hall–Kier alpha value is -2.54. The largest absolute Gasteiger partial charge is 0.479 e. The van der Waals surface area contributed by atoms with Crippen molar-refractivity contribution in [1.82, 2.24) is 0 Å². The number of fused-ring (bicyclic) bond motifs is 1. The van der Waals surface area contributed by atoms with Gasteiger partial charge in [-0.15, -0.1) is 0 Å². The van der Waals surface area contributed by atoms with Gasteiger partial charge in [0.15, 0.2) is 6.10 Å². The summed E-state index contributed by atoms with van der Waals surface area (Å²) in [5.74, 6) is 0.112. The van der Waals surface area contributed by atoms with E-state index in [0.29, 0.717) is 11.4 Å². The van der Waals surface area contributed by atoms with Gasteiger partial charge in [0.1, 0.15) is 11.4 Å². The third kappa shape index (κ3) is 3.00. The van der Waals surface area contributed by atoms with Crippen LogP contribution in [0.2, 0.25) is 0 Å². The molecule has 1 atom stereocenters. The first-order valence-corrected chi connectivity index (χ1v) is 8.55. The normalized spacial score (nSPS) is 17.0. The first kappa shape index (κ1) is 15.4. The van der Waals surface area contributed by atoms with E-state index >= 15 is 0 Å². The van der Waals surface area contributed by atoms with Crippen LogP contribution in [0.25, 0.3) is 0 Å². The average molecular weight is 332 g/mol. The molecule has 1 aliphatic heterocycles. The summed E-state index contributed by atoms with van der Waals surface area (Å²) in [6.07, 6.45) is -0.619. The lowest BCUT2D eigenvalue weighted by atomic mass is 10.2. The van der Waals surface area contributed by atoms with Crippen LogP contribution in [0.5, 0.6) is 5.75 Å². The number of sulfonamides is 1. The summed E-state index contributed by atoms with van der Waals surface area (Å²) in [7, 11) is -3.75. The Morgan fingerprint density at radius 3 is 2.52 bits per heavy atom. The zero-order valence-corrected chi connectivity index (χ0v) is 13.5. The third-order valence-electron chi connectivity index (χ3n) is 3.52. The minimum atomic E-state index is -3.75. The van der Waals surface area contributed by atoms with E-state index in [1.54, 1.807) is 37.3 Å². The Morgan fingerprint density at radius 1 is 1.13 bits per heavy atom. The van der Waals surface area contributed by atoms with E-state index in [1.165, 1.54) is 12.1 Å². The van der Waals surface area contributed by atoms with E-state index < -0.39 is 16.1 Å². The molecule has 2 N–H and O–H groups in total. The second kappa shape index (κ2) is 5.58. The summed E-state index contributed by atoms with van der Waals surface area (Å²) in [5.41, 5.74) is 1.56. The van der Waals surface area contributed by atoms with Crippen LogP contribution in [-0.2, 0) is 14.8 Å². The van der Waals surface area contributed by atoms with Crippen molar-refractivity contribution >= 4 is 27.3 Å². The summed E-state index contributed by atoms with van der Waals surface area (Å²) in [6.45, 7) is 3.51. The first-order chi connectivity index (χ1) is 10.9. The van der Waals surface area contributed by atoms with Crippen molar-refractivity contribution in [3.8, 4) is 5.75 Å². The molecule has 23 heavy (non-hydrogen) atoms. The number of aryl methyl sites for hydroxylation is 1. The molecule has 1 unspecified atom stereocenters. The molecule has 0 bridgehead atoms. The summed E-state index contributed by atoms with van der Waals surface area (Å²) in [6, 6.07) is 11.4. The number of para-hydroxylation sites is 1. The van der Waals surface area contributed by atoms with Crippen LogP contribution in [0, 0.1) is 6.92 Å². The monoisotopic (exact) mass is 332 g/mol. The van der Waals surface area contributed by atoms with Crippen molar-refractivity contribution in [1.29, 1.82) is 0 Å². The Kier molecular flexibility index (Phi) is 3.73. The van der Waals surface area contributed by atoms with Crippen LogP contribution in [0.3, 0.4) is 0 Å². The maximum absolute atomic E-state index is 12.5. The minimum Gasteiger partial charge on any atom is -0.479 e. The highest BCUT2D eigenvalue weighted by Gasteiger charge is 2.27. The van der Waals surface area contributed by atoms with Gasteiger partial charge in [0.2, 0.25) is 0 Å². The molecule has 0 aromatic heterocycles. The number of nitrogens with one attached hydrogen (secondary N) is 2. The zero-order chi connectivity index (χ0) is 16.6. The van der Waals surface area contributed by atoms with Gasteiger partial charge in [-0.2, -0.15) is 0 Å². The third-order valence-corrected chi connectivity index (χ3v) is 4.90. The molecule has 0 radical (unpaired) electrons. The van der Waals surface area contributed by atoms with Gasteiger partial charge in [0.25, 0.3) is 15.9 Å². The SMILES string of the molecule is Cc1ccc(S(=O)(=O)Nc2cccc3c2NC(=O)C(C)O3)cc1. The standard InChI is InChI=1S/C16H16N2O4S/c1-10-6-8-12(9-7-10)23(20,21)18-13-4-3-5-14-15(13)17-16(19)11(2)22-14/h3-9,11,18H,1-2H3,(H,17,19). The topological polar surface area (TPSA) is 84.5 Å². The minimum absolute atomic E-state index is 0.150. The number of carbonyl (C=O) groups is 1. The van der Waals surface area contributed by atoms with Crippen molar-refractivity contribution in [3.05, 3.63) is 48.0 Å². The van der Waals surface area contributed by atoms with Crippen LogP contribution >= 0.6 is 0 Å². The zero-order valence-electron chi connectivity index (χ0n) is 12.7. The van der Waals surface area contributed by atoms with E-state index in [-0.39, 0.29) is 16.5 Å². The summed E-state index contributed by atoms with van der Waals surface area (Å²) in [4.78, 5) is 11.9. The van der Waals surface area contributed by atoms with Crippen molar-refractivity contribution < 1.29 is 17.9 Å². The lowest BCUT2D eigenvalue weighted by molar-refractivity contribution is -0.122. The average Bonchev–Trinajstić information content (AvgIpc) is 2.49. The molecule has 0 saturated heterocycles.